The first-order valence-electron chi connectivity index (χ1n) is 6.71. The molecule has 1 aliphatic heterocycles. The Bertz CT molecular complexity index is 615. The van der Waals surface area contributed by atoms with Crippen molar-refractivity contribution in [3.63, 3.8) is 0 Å². The van der Waals surface area contributed by atoms with E-state index in [0.717, 1.165) is 6.08 Å². The van der Waals surface area contributed by atoms with Crippen molar-refractivity contribution in [1.29, 1.82) is 0 Å². The van der Waals surface area contributed by atoms with Crippen LogP contribution in [0, 0.1) is 5.41 Å². The van der Waals surface area contributed by atoms with Crippen LogP contribution < -0.4 is 0 Å². The smallest absolute Gasteiger partial charge is 0.430 e. The van der Waals surface area contributed by atoms with Gasteiger partial charge in [-0.25, -0.2) is 4.79 Å². The third-order valence-electron chi connectivity index (χ3n) is 3.17. The molecule has 0 aromatic carbocycles. The van der Waals surface area contributed by atoms with Gasteiger partial charge < -0.3 is 9.84 Å². The molecular formula is C16H18ClF3O3. The van der Waals surface area contributed by atoms with E-state index in [1.54, 1.807) is 6.92 Å². The van der Waals surface area contributed by atoms with E-state index >= 15 is 0 Å². The van der Waals surface area contributed by atoms with Crippen molar-refractivity contribution < 1.29 is 27.8 Å². The number of hydrogen-bond donors (Lipinski definition) is 1. The van der Waals surface area contributed by atoms with Gasteiger partial charge in [0.05, 0.1) is 5.57 Å². The molecule has 0 spiro atoms. The van der Waals surface area contributed by atoms with Crippen LogP contribution >= 0.6 is 11.6 Å². The fourth-order valence-electron chi connectivity index (χ4n) is 2.11. The first-order chi connectivity index (χ1) is 10.2. The van der Waals surface area contributed by atoms with Gasteiger partial charge in [0.15, 0.2) is 0 Å². The minimum absolute atomic E-state index is 0.0440. The lowest BCUT2D eigenvalue weighted by atomic mass is 9.85. The van der Waals surface area contributed by atoms with Crippen molar-refractivity contribution >= 4 is 17.6 Å². The number of allylic oxidation sites excluding steroid dienone is 4. The number of hydrogen-bond acceptors (Lipinski definition) is 2. The van der Waals surface area contributed by atoms with Crippen LogP contribution in [0.15, 0.2) is 46.2 Å². The van der Waals surface area contributed by atoms with Crippen LogP contribution in [0.3, 0.4) is 0 Å². The van der Waals surface area contributed by atoms with Gasteiger partial charge in [0.25, 0.3) is 0 Å². The number of carboxylic acids is 1. The largest absolute Gasteiger partial charge is 0.478 e. The maximum atomic E-state index is 13.1. The molecule has 23 heavy (non-hydrogen) atoms. The van der Waals surface area contributed by atoms with Crippen molar-refractivity contribution in [1.82, 2.24) is 0 Å². The lowest BCUT2D eigenvalue weighted by Gasteiger charge is -2.29. The molecule has 1 N–H and O–H groups in total. The van der Waals surface area contributed by atoms with Crippen LogP contribution in [0.1, 0.15) is 27.7 Å². The van der Waals surface area contributed by atoms with Gasteiger partial charge >= 0.3 is 12.1 Å². The van der Waals surface area contributed by atoms with Crippen LogP contribution in [-0.2, 0) is 9.53 Å². The molecule has 1 atom stereocenters. The maximum Gasteiger partial charge on any atom is 0.430 e. The summed E-state index contributed by atoms with van der Waals surface area (Å²) >= 11 is 6.02. The molecule has 0 saturated carbocycles. The summed E-state index contributed by atoms with van der Waals surface area (Å²) in [5, 5.41) is 9.34. The minimum atomic E-state index is -4.86. The Morgan fingerprint density at radius 3 is 2.26 bits per heavy atom. The lowest BCUT2D eigenvalue weighted by molar-refractivity contribution is -0.200. The summed E-state index contributed by atoms with van der Waals surface area (Å²) in [6, 6.07) is 0. The molecule has 0 aromatic rings. The summed E-state index contributed by atoms with van der Waals surface area (Å²) in [5.74, 6) is -1.85. The minimum Gasteiger partial charge on any atom is -0.478 e. The topological polar surface area (TPSA) is 46.5 Å². The zero-order valence-corrected chi connectivity index (χ0v) is 14.0. The molecule has 1 rings (SSSR count). The number of halogens is 4. The Hall–Kier alpha value is -1.69. The van der Waals surface area contributed by atoms with E-state index in [4.69, 9.17) is 21.4 Å². The summed E-state index contributed by atoms with van der Waals surface area (Å²) in [4.78, 5) is 11.0. The van der Waals surface area contributed by atoms with E-state index in [0.29, 0.717) is 10.6 Å². The fraction of sp³-hybridized carbons (Fsp3) is 0.438. The fourth-order valence-corrected chi connectivity index (χ4v) is 2.45. The first-order valence-corrected chi connectivity index (χ1v) is 7.09. The molecule has 1 heterocycles. The molecule has 0 unspecified atom stereocenters. The molecule has 3 nitrogen and oxygen atoms in total. The highest BCUT2D eigenvalue weighted by molar-refractivity contribution is 6.29. The highest BCUT2D eigenvalue weighted by Gasteiger charge is 2.48. The van der Waals surface area contributed by atoms with Crippen LogP contribution in [0.25, 0.3) is 0 Å². The van der Waals surface area contributed by atoms with E-state index in [9.17, 15) is 18.0 Å². The molecule has 0 amide bonds. The molecule has 0 fully saturated rings. The van der Waals surface area contributed by atoms with Gasteiger partial charge in [-0.2, -0.15) is 13.2 Å². The SMILES string of the molecule is C=C1C=C(C(=O)O)[C@@H](C(F)(F)F)O/C1=C/C(=C(\C)Cl)C(C)(C)C. The third kappa shape index (κ3) is 4.64. The second-order valence-electron chi connectivity index (χ2n) is 6.18. The van der Waals surface area contributed by atoms with E-state index in [2.05, 4.69) is 6.58 Å². The van der Waals surface area contributed by atoms with E-state index < -0.39 is 29.2 Å². The van der Waals surface area contributed by atoms with Crippen molar-refractivity contribution in [2.75, 3.05) is 0 Å². The molecule has 0 aromatic heterocycles. The van der Waals surface area contributed by atoms with Crippen molar-refractivity contribution in [3.05, 3.63) is 46.2 Å². The molecular weight excluding hydrogens is 333 g/mol. The van der Waals surface area contributed by atoms with Gasteiger partial charge in [0, 0.05) is 10.6 Å². The summed E-state index contributed by atoms with van der Waals surface area (Å²) in [6.07, 6.45) is -5.15. The Balaban J connectivity index is 3.42. The van der Waals surface area contributed by atoms with Crippen molar-refractivity contribution in [2.24, 2.45) is 5.41 Å². The average molecular weight is 351 g/mol. The van der Waals surface area contributed by atoms with Crippen LogP contribution in [0.5, 0.6) is 0 Å². The summed E-state index contributed by atoms with van der Waals surface area (Å²) < 4.78 is 44.1. The third-order valence-corrected chi connectivity index (χ3v) is 3.38. The lowest BCUT2D eigenvalue weighted by Crippen LogP contribution is -2.38. The molecule has 0 radical (unpaired) electrons. The second-order valence-corrected chi connectivity index (χ2v) is 6.74. The zero-order chi connectivity index (χ0) is 18.2. The Kier molecular flexibility index (Phi) is 5.41. The highest BCUT2D eigenvalue weighted by atomic mass is 35.5. The second kappa shape index (κ2) is 6.43. The monoisotopic (exact) mass is 350 g/mol. The summed E-state index contributed by atoms with van der Waals surface area (Å²) in [7, 11) is 0. The van der Waals surface area contributed by atoms with Gasteiger partial charge in [-0.1, -0.05) is 39.0 Å². The normalized spacial score (nSPS) is 22.4. The summed E-state index contributed by atoms with van der Waals surface area (Å²) in [6.45, 7) is 10.7. The van der Waals surface area contributed by atoms with Gasteiger partial charge in [0.1, 0.15) is 5.76 Å². The Morgan fingerprint density at radius 2 is 1.91 bits per heavy atom. The molecule has 0 saturated heterocycles. The maximum absolute atomic E-state index is 13.1. The quantitative estimate of drug-likeness (QED) is 0.765. The average Bonchev–Trinajstić information content (AvgIpc) is 2.33. The number of aliphatic carboxylic acids is 1. The molecule has 7 heteroatoms. The highest BCUT2D eigenvalue weighted by Crippen LogP contribution is 2.38. The van der Waals surface area contributed by atoms with Gasteiger partial charge in [-0.05, 0) is 30.1 Å². The standard InChI is InChI=1S/C16H18ClF3O3/c1-8-6-10(14(21)22)13(16(18,19)20)23-12(8)7-11(9(2)17)15(3,4)5/h6-7,13H,1H2,2-5H3,(H,21,22)/b11-9-,12-7+/t13-/m0/s1. The number of carbonyl (C=O) groups is 1. The number of rotatable bonds is 2. The Morgan fingerprint density at radius 1 is 1.39 bits per heavy atom. The Labute approximate surface area is 137 Å². The van der Waals surface area contributed by atoms with Crippen LogP contribution in [-0.4, -0.2) is 23.4 Å². The van der Waals surface area contributed by atoms with E-state index in [1.807, 2.05) is 20.8 Å². The van der Waals surface area contributed by atoms with Crippen molar-refractivity contribution in [2.45, 2.75) is 40.0 Å². The number of alkyl halides is 3. The molecule has 0 bridgehead atoms. The molecule has 128 valence electrons. The van der Waals surface area contributed by atoms with Gasteiger partial charge in [0.2, 0.25) is 6.10 Å². The zero-order valence-electron chi connectivity index (χ0n) is 13.2. The first kappa shape index (κ1) is 19.4. The van der Waals surface area contributed by atoms with E-state index in [-0.39, 0.29) is 11.3 Å². The number of carboxylic acid groups (broad SMARTS) is 1. The van der Waals surface area contributed by atoms with Crippen LogP contribution in [0.2, 0.25) is 0 Å². The van der Waals surface area contributed by atoms with Crippen LogP contribution in [0.4, 0.5) is 13.2 Å². The predicted molar refractivity (Wildman–Crippen MR) is 81.9 cm³/mol. The van der Waals surface area contributed by atoms with E-state index in [1.165, 1.54) is 6.08 Å². The van der Waals surface area contributed by atoms with Crippen molar-refractivity contribution in [3.8, 4) is 0 Å². The molecule has 1 aliphatic rings. The predicted octanol–water partition coefficient (Wildman–Crippen LogP) is 4.96. The van der Waals surface area contributed by atoms with Gasteiger partial charge in [-0.15, -0.1) is 0 Å². The molecule has 0 aliphatic carbocycles. The summed E-state index contributed by atoms with van der Waals surface area (Å²) in [5.41, 5.74) is -0.720. The van der Waals surface area contributed by atoms with Gasteiger partial charge in [-0.3, -0.25) is 0 Å². The number of ether oxygens (including phenoxy) is 1.